The van der Waals surface area contributed by atoms with E-state index in [4.69, 9.17) is 4.42 Å². The molecule has 2 aromatic rings. The molecule has 1 aromatic heterocycles. The van der Waals surface area contributed by atoms with Gasteiger partial charge in [-0.2, -0.15) is 0 Å². The van der Waals surface area contributed by atoms with Gasteiger partial charge in [-0.15, -0.1) is 0 Å². The van der Waals surface area contributed by atoms with E-state index >= 15 is 0 Å². The first kappa shape index (κ1) is 18.7. The summed E-state index contributed by atoms with van der Waals surface area (Å²) in [5, 5.41) is 5.46. The summed E-state index contributed by atoms with van der Waals surface area (Å²) in [6.45, 7) is 8.58. The molecular weight excluding hydrogens is 346 g/mol. The standard InChI is InChI=1S/C20H23N3O4/c1-11-6-7-12(2)16(8-11)21-17(24)10-23-18(25)20(5,22-19(23)26)15-9-13(3)27-14(15)4/h6-9H,10H2,1-5H3,(H,21,24)(H,22,26). The van der Waals surface area contributed by atoms with Crippen LogP contribution in [-0.4, -0.2) is 29.3 Å². The first-order valence-corrected chi connectivity index (χ1v) is 8.70. The van der Waals surface area contributed by atoms with Crippen molar-refractivity contribution in [1.29, 1.82) is 0 Å². The molecule has 2 heterocycles. The number of carbonyl (C=O) groups is 3. The highest BCUT2D eigenvalue weighted by atomic mass is 16.3. The number of urea groups is 1. The van der Waals surface area contributed by atoms with Gasteiger partial charge in [-0.05, 0) is 57.9 Å². The van der Waals surface area contributed by atoms with Gasteiger partial charge in [0, 0.05) is 11.3 Å². The number of furan rings is 1. The quantitative estimate of drug-likeness (QED) is 0.811. The molecule has 1 saturated heterocycles. The van der Waals surface area contributed by atoms with Gasteiger partial charge in [-0.1, -0.05) is 12.1 Å². The fraction of sp³-hybridized carbons (Fsp3) is 0.350. The number of benzene rings is 1. The maximum atomic E-state index is 12.9. The topological polar surface area (TPSA) is 91.7 Å². The maximum absolute atomic E-state index is 12.9. The van der Waals surface area contributed by atoms with Crippen molar-refractivity contribution in [3.63, 3.8) is 0 Å². The number of nitrogens with one attached hydrogen (secondary N) is 2. The van der Waals surface area contributed by atoms with Gasteiger partial charge in [0.05, 0.1) is 0 Å². The molecule has 0 aliphatic carbocycles. The predicted molar refractivity (Wildman–Crippen MR) is 100 cm³/mol. The van der Waals surface area contributed by atoms with Gasteiger partial charge >= 0.3 is 6.03 Å². The zero-order chi connectivity index (χ0) is 19.9. The van der Waals surface area contributed by atoms with E-state index in [0.717, 1.165) is 16.0 Å². The van der Waals surface area contributed by atoms with E-state index in [1.807, 2.05) is 32.0 Å². The number of aryl methyl sites for hydroxylation is 4. The van der Waals surface area contributed by atoms with Crippen LogP contribution in [0.1, 0.15) is 35.1 Å². The minimum Gasteiger partial charge on any atom is -0.466 e. The van der Waals surface area contributed by atoms with Crippen LogP contribution in [0.2, 0.25) is 0 Å². The predicted octanol–water partition coefficient (Wildman–Crippen LogP) is 2.92. The smallest absolute Gasteiger partial charge is 0.325 e. The number of hydrogen-bond acceptors (Lipinski definition) is 4. The molecule has 3 rings (SSSR count). The largest absolute Gasteiger partial charge is 0.466 e. The molecule has 27 heavy (non-hydrogen) atoms. The lowest BCUT2D eigenvalue weighted by atomic mass is 9.92. The van der Waals surface area contributed by atoms with Crippen LogP contribution in [0.15, 0.2) is 28.7 Å². The third kappa shape index (κ3) is 3.32. The van der Waals surface area contributed by atoms with Crippen molar-refractivity contribution in [2.45, 2.75) is 40.2 Å². The molecule has 1 aromatic carbocycles. The number of nitrogens with zero attached hydrogens (tertiary/aromatic N) is 1. The van der Waals surface area contributed by atoms with Crippen LogP contribution >= 0.6 is 0 Å². The lowest BCUT2D eigenvalue weighted by molar-refractivity contribution is -0.133. The Morgan fingerprint density at radius 2 is 1.89 bits per heavy atom. The summed E-state index contributed by atoms with van der Waals surface area (Å²) in [5.74, 6) is 0.297. The van der Waals surface area contributed by atoms with Crippen LogP contribution in [-0.2, 0) is 15.1 Å². The van der Waals surface area contributed by atoms with E-state index in [1.165, 1.54) is 0 Å². The van der Waals surface area contributed by atoms with Crippen LogP contribution in [0.5, 0.6) is 0 Å². The first-order valence-electron chi connectivity index (χ1n) is 8.70. The van der Waals surface area contributed by atoms with Crippen molar-refractivity contribution >= 4 is 23.5 Å². The molecule has 2 N–H and O–H groups in total. The average molecular weight is 369 g/mol. The second-order valence-corrected chi connectivity index (χ2v) is 7.14. The van der Waals surface area contributed by atoms with Crippen molar-refractivity contribution in [2.75, 3.05) is 11.9 Å². The minimum atomic E-state index is -1.25. The summed E-state index contributed by atoms with van der Waals surface area (Å²) in [6, 6.07) is 6.83. The third-order valence-corrected chi connectivity index (χ3v) is 4.82. The Bertz CT molecular complexity index is 947. The van der Waals surface area contributed by atoms with Crippen LogP contribution in [0.4, 0.5) is 10.5 Å². The monoisotopic (exact) mass is 369 g/mol. The van der Waals surface area contributed by atoms with E-state index in [2.05, 4.69) is 10.6 Å². The lowest BCUT2D eigenvalue weighted by Crippen LogP contribution is -2.42. The van der Waals surface area contributed by atoms with E-state index < -0.39 is 23.4 Å². The molecule has 0 saturated carbocycles. The first-order chi connectivity index (χ1) is 12.6. The Morgan fingerprint density at radius 1 is 1.19 bits per heavy atom. The molecule has 7 heteroatoms. The molecule has 142 valence electrons. The molecule has 1 aliphatic rings. The number of rotatable bonds is 4. The van der Waals surface area contributed by atoms with Gasteiger partial charge < -0.3 is 15.1 Å². The van der Waals surface area contributed by atoms with E-state index in [1.54, 1.807) is 26.8 Å². The highest BCUT2D eigenvalue weighted by Crippen LogP contribution is 2.32. The summed E-state index contributed by atoms with van der Waals surface area (Å²) >= 11 is 0. The Morgan fingerprint density at radius 3 is 2.52 bits per heavy atom. The second-order valence-electron chi connectivity index (χ2n) is 7.14. The molecule has 0 bridgehead atoms. The molecule has 4 amide bonds. The molecule has 1 unspecified atom stereocenters. The average Bonchev–Trinajstić information content (AvgIpc) is 3.03. The Labute approximate surface area is 157 Å². The van der Waals surface area contributed by atoms with Gasteiger partial charge in [0.15, 0.2) is 0 Å². The fourth-order valence-corrected chi connectivity index (χ4v) is 3.35. The molecule has 1 atom stereocenters. The number of anilines is 1. The normalized spacial score (nSPS) is 19.4. The van der Waals surface area contributed by atoms with Crippen LogP contribution in [0.3, 0.4) is 0 Å². The molecular formula is C20H23N3O4. The summed E-state index contributed by atoms with van der Waals surface area (Å²) in [5.41, 5.74) is 1.91. The second kappa shape index (κ2) is 6.57. The molecule has 0 spiro atoms. The number of amides is 4. The zero-order valence-corrected chi connectivity index (χ0v) is 16.1. The minimum absolute atomic E-state index is 0.358. The summed E-state index contributed by atoms with van der Waals surface area (Å²) in [6.07, 6.45) is 0. The van der Waals surface area contributed by atoms with Gasteiger partial charge in [-0.25, -0.2) is 4.79 Å². The molecule has 0 radical (unpaired) electrons. The van der Waals surface area contributed by atoms with Crippen LogP contribution in [0, 0.1) is 27.7 Å². The van der Waals surface area contributed by atoms with Crippen molar-refractivity contribution in [2.24, 2.45) is 0 Å². The third-order valence-electron chi connectivity index (χ3n) is 4.82. The summed E-state index contributed by atoms with van der Waals surface area (Å²) in [4.78, 5) is 38.7. The SMILES string of the molecule is Cc1ccc(C)c(NC(=O)CN2C(=O)NC(C)(c3cc(C)oc3C)C2=O)c1. The zero-order valence-electron chi connectivity index (χ0n) is 16.1. The highest BCUT2D eigenvalue weighted by molar-refractivity contribution is 6.10. The maximum Gasteiger partial charge on any atom is 0.325 e. The van der Waals surface area contributed by atoms with Gasteiger partial charge in [0.2, 0.25) is 5.91 Å². The van der Waals surface area contributed by atoms with Crippen LogP contribution < -0.4 is 10.6 Å². The van der Waals surface area contributed by atoms with Crippen molar-refractivity contribution in [3.8, 4) is 0 Å². The van der Waals surface area contributed by atoms with Crippen molar-refractivity contribution in [3.05, 3.63) is 52.5 Å². The lowest BCUT2D eigenvalue weighted by Gasteiger charge is -2.21. The fourth-order valence-electron chi connectivity index (χ4n) is 3.35. The summed E-state index contributed by atoms with van der Waals surface area (Å²) in [7, 11) is 0. The molecule has 7 nitrogen and oxygen atoms in total. The van der Waals surface area contributed by atoms with Crippen molar-refractivity contribution in [1.82, 2.24) is 10.2 Å². The summed E-state index contributed by atoms with van der Waals surface area (Å²) < 4.78 is 5.49. The Kier molecular flexibility index (Phi) is 4.55. The van der Waals surface area contributed by atoms with E-state index in [-0.39, 0.29) is 6.54 Å². The Hall–Kier alpha value is -3.09. The van der Waals surface area contributed by atoms with E-state index in [9.17, 15) is 14.4 Å². The van der Waals surface area contributed by atoms with Gasteiger partial charge in [0.25, 0.3) is 5.91 Å². The highest BCUT2D eigenvalue weighted by Gasteiger charge is 2.51. The van der Waals surface area contributed by atoms with E-state index in [0.29, 0.717) is 22.8 Å². The van der Waals surface area contributed by atoms with Gasteiger partial charge in [0.1, 0.15) is 23.6 Å². The molecule has 1 fully saturated rings. The van der Waals surface area contributed by atoms with Gasteiger partial charge in [-0.3, -0.25) is 14.5 Å². The van der Waals surface area contributed by atoms with Crippen molar-refractivity contribution < 1.29 is 18.8 Å². The van der Waals surface area contributed by atoms with Crippen LogP contribution in [0.25, 0.3) is 0 Å². The number of imide groups is 1. The number of hydrogen-bond donors (Lipinski definition) is 2. The number of carbonyl (C=O) groups excluding carboxylic acids is 3. The molecule has 1 aliphatic heterocycles. The Balaban J connectivity index is 1.78.